The summed E-state index contributed by atoms with van der Waals surface area (Å²) in [6, 6.07) is 5.83. The van der Waals surface area contributed by atoms with E-state index in [4.69, 9.17) is 0 Å². The average molecular weight is 357 g/mol. The molecule has 25 heavy (non-hydrogen) atoms. The van der Waals surface area contributed by atoms with Gasteiger partial charge in [0.1, 0.15) is 0 Å². The number of likely N-dealkylation sites (N-methyl/N-ethyl adjacent to an activating group) is 1. The van der Waals surface area contributed by atoms with Gasteiger partial charge >= 0.3 is 0 Å². The second-order valence-electron chi connectivity index (χ2n) is 6.53. The van der Waals surface area contributed by atoms with E-state index < -0.39 is 0 Å². The largest absolute Gasteiger partial charge is 0.315 e. The third-order valence-corrected chi connectivity index (χ3v) is 5.88. The van der Waals surface area contributed by atoms with Crippen molar-refractivity contribution < 1.29 is 9.59 Å². The van der Waals surface area contributed by atoms with Crippen LogP contribution in [0.1, 0.15) is 47.6 Å². The number of Topliss-reactive ketones (excluding diaryl/α,β-unsaturated/α-hetero) is 1. The van der Waals surface area contributed by atoms with E-state index in [1.807, 2.05) is 16.8 Å². The molecule has 1 aromatic carbocycles. The van der Waals surface area contributed by atoms with Crippen LogP contribution in [0, 0.1) is 0 Å². The van der Waals surface area contributed by atoms with E-state index in [9.17, 15) is 9.59 Å². The van der Waals surface area contributed by atoms with Crippen molar-refractivity contribution in [2.24, 2.45) is 0 Å². The number of carbonyl (C=O) groups excluding carboxylic acids is 2. The van der Waals surface area contributed by atoms with Crippen molar-refractivity contribution in [3.05, 3.63) is 29.3 Å². The maximum Gasteiger partial charge on any atom is 0.231 e. The molecule has 0 saturated heterocycles. The zero-order valence-corrected chi connectivity index (χ0v) is 14.8. The Bertz CT molecular complexity index is 828. The summed E-state index contributed by atoms with van der Waals surface area (Å²) < 4.78 is 1.86. The van der Waals surface area contributed by atoms with Crippen LogP contribution in [0.2, 0.25) is 0 Å². The van der Waals surface area contributed by atoms with Crippen molar-refractivity contribution >= 4 is 29.1 Å². The van der Waals surface area contributed by atoms with Crippen LogP contribution in [-0.2, 0) is 11.2 Å². The molecule has 2 aromatic rings. The van der Waals surface area contributed by atoms with Gasteiger partial charge < -0.3 is 4.90 Å². The van der Waals surface area contributed by atoms with Gasteiger partial charge in [0.05, 0.1) is 18.2 Å². The molecule has 1 saturated carbocycles. The van der Waals surface area contributed by atoms with Gasteiger partial charge in [0.15, 0.2) is 5.78 Å². The minimum absolute atomic E-state index is 0.0239. The van der Waals surface area contributed by atoms with Gasteiger partial charge in [-0.05, 0) is 47.0 Å². The Hall–Kier alpha value is -2.22. The summed E-state index contributed by atoms with van der Waals surface area (Å²) in [5.74, 6) is 0.371. The summed E-state index contributed by atoms with van der Waals surface area (Å²) >= 11 is 1.38. The second-order valence-corrected chi connectivity index (χ2v) is 7.47. The summed E-state index contributed by atoms with van der Waals surface area (Å²) in [7, 11) is 1.76. The maximum atomic E-state index is 12.5. The smallest absolute Gasteiger partial charge is 0.231 e. The highest BCUT2D eigenvalue weighted by atomic mass is 32.2. The average Bonchev–Trinajstić information content (AvgIpc) is 3.33. The van der Waals surface area contributed by atoms with Crippen LogP contribution in [0.5, 0.6) is 0 Å². The van der Waals surface area contributed by atoms with Gasteiger partial charge in [-0.1, -0.05) is 24.6 Å². The van der Waals surface area contributed by atoms with E-state index in [1.54, 1.807) is 18.0 Å². The minimum atomic E-state index is 0.0239. The SMILES string of the molecule is CN1C(=O)Cc2cc(C(=O)CSc3nnnn3C3CCCC3)ccc21. The predicted octanol–water partition coefficient (Wildman–Crippen LogP) is 2.28. The summed E-state index contributed by atoms with van der Waals surface area (Å²) in [4.78, 5) is 25.9. The first-order valence-electron chi connectivity index (χ1n) is 8.47. The first-order valence-corrected chi connectivity index (χ1v) is 9.45. The Labute approximate surface area is 149 Å². The normalized spacial score (nSPS) is 17.3. The van der Waals surface area contributed by atoms with Crippen LogP contribution >= 0.6 is 11.8 Å². The number of amides is 1. The molecule has 2 aliphatic rings. The molecule has 0 bridgehead atoms. The van der Waals surface area contributed by atoms with Gasteiger partial charge in [-0.25, -0.2) is 4.68 Å². The highest BCUT2D eigenvalue weighted by Gasteiger charge is 2.25. The lowest BCUT2D eigenvalue weighted by molar-refractivity contribution is -0.117. The first kappa shape index (κ1) is 16.3. The number of benzene rings is 1. The van der Waals surface area contributed by atoms with Crippen LogP contribution in [0.25, 0.3) is 0 Å². The van der Waals surface area contributed by atoms with E-state index >= 15 is 0 Å². The molecule has 7 nitrogen and oxygen atoms in total. The van der Waals surface area contributed by atoms with E-state index in [0.29, 0.717) is 23.2 Å². The number of carbonyl (C=O) groups is 2. The fraction of sp³-hybridized carbons (Fsp3) is 0.471. The van der Waals surface area contributed by atoms with Gasteiger partial charge in [0.25, 0.3) is 0 Å². The Morgan fingerprint density at radius 1 is 1.32 bits per heavy atom. The Balaban J connectivity index is 1.44. The monoisotopic (exact) mass is 357 g/mol. The van der Waals surface area contributed by atoms with Gasteiger partial charge in [0, 0.05) is 18.3 Å². The quantitative estimate of drug-likeness (QED) is 0.603. The topological polar surface area (TPSA) is 81.0 Å². The molecule has 130 valence electrons. The molecular formula is C17H19N5O2S. The molecule has 2 heterocycles. The fourth-order valence-electron chi connectivity index (χ4n) is 3.52. The molecule has 1 aliphatic heterocycles. The zero-order chi connectivity index (χ0) is 17.4. The molecule has 0 radical (unpaired) electrons. The summed E-state index contributed by atoms with van der Waals surface area (Å²) in [6.07, 6.45) is 4.96. The van der Waals surface area contributed by atoms with E-state index in [-0.39, 0.29) is 17.4 Å². The van der Waals surface area contributed by atoms with Crippen molar-refractivity contribution in [2.45, 2.75) is 43.3 Å². The number of anilines is 1. The lowest BCUT2D eigenvalue weighted by Gasteiger charge is -2.11. The van der Waals surface area contributed by atoms with Crippen molar-refractivity contribution in [3.63, 3.8) is 0 Å². The lowest BCUT2D eigenvalue weighted by atomic mass is 10.1. The Morgan fingerprint density at radius 3 is 2.92 bits per heavy atom. The third-order valence-electron chi connectivity index (χ3n) is 4.94. The zero-order valence-electron chi connectivity index (χ0n) is 14.0. The predicted molar refractivity (Wildman–Crippen MR) is 93.9 cm³/mol. The number of hydrogen-bond acceptors (Lipinski definition) is 6. The molecule has 1 aromatic heterocycles. The number of fused-ring (bicyclic) bond motifs is 1. The van der Waals surface area contributed by atoms with Crippen molar-refractivity contribution in [1.29, 1.82) is 0 Å². The highest BCUT2D eigenvalue weighted by Crippen LogP contribution is 2.32. The van der Waals surface area contributed by atoms with Crippen LogP contribution in [0.3, 0.4) is 0 Å². The van der Waals surface area contributed by atoms with E-state index in [0.717, 1.165) is 24.1 Å². The maximum absolute atomic E-state index is 12.5. The van der Waals surface area contributed by atoms with Gasteiger partial charge in [-0.3, -0.25) is 9.59 Å². The van der Waals surface area contributed by atoms with Crippen LogP contribution in [0.4, 0.5) is 5.69 Å². The summed E-state index contributed by atoms with van der Waals surface area (Å²) in [5.41, 5.74) is 2.44. The van der Waals surface area contributed by atoms with Gasteiger partial charge in [-0.15, -0.1) is 5.10 Å². The molecule has 0 atom stereocenters. The van der Waals surface area contributed by atoms with Crippen molar-refractivity contribution in [1.82, 2.24) is 20.2 Å². The fourth-order valence-corrected chi connectivity index (χ4v) is 4.35. The van der Waals surface area contributed by atoms with Gasteiger partial charge in [0.2, 0.25) is 11.1 Å². The molecular weight excluding hydrogens is 338 g/mol. The molecule has 0 N–H and O–H groups in total. The van der Waals surface area contributed by atoms with E-state index in [1.165, 1.54) is 24.6 Å². The summed E-state index contributed by atoms with van der Waals surface area (Å²) in [5, 5.41) is 12.6. The van der Waals surface area contributed by atoms with E-state index in [2.05, 4.69) is 15.5 Å². The Kier molecular flexibility index (Phi) is 4.29. The highest BCUT2D eigenvalue weighted by molar-refractivity contribution is 7.99. The standard InChI is InChI=1S/C17H19N5O2S/c1-21-14-7-6-11(8-12(14)9-16(21)24)15(23)10-25-17-18-19-20-22(17)13-4-2-3-5-13/h6-8,13H,2-5,9-10H2,1H3. The molecule has 0 unspecified atom stereocenters. The lowest BCUT2D eigenvalue weighted by Crippen LogP contribution is -2.20. The van der Waals surface area contributed by atoms with Crippen molar-refractivity contribution in [3.8, 4) is 0 Å². The Morgan fingerprint density at radius 2 is 2.12 bits per heavy atom. The number of hydrogen-bond donors (Lipinski definition) is 0. The van der Waals surface area contributed by atoms with Crippen molar-refractivity contribution in [2.75, 3.05) is 17.7 Å². The molecule has 4 rings (SSSR count). The first-order chi connectivity index (χ1) is 12.1. The molecule has 1 amide bonds. The molecule has 0 spiro atoms. The third kappa shape index (κ3) is 3.06. The minimum Gasteiger partial charge on any atom is -0.315 e. The van der Waals surface area contributed by atoms with Gasteiger partial charge in [-0.2, -0.15) is 0 Å². The van der Waals surface area contributed by atoms with Crippen LogP contribution in [-0.4, -0.2) is 44.7 Å². The number of aromatic nitrogens is 4. The molecule has 8 heteroatoms. The number of rotatable bonds is 5. The molecule has 1 fully saturated rings. The second kappa shape index (κ2) is 6.59. The number of thioether (sulfide) groups is 1. The molecule has 1 aliphatic carbocycles. The van der Waals surface area contributed by atoms with Crippen LogP contribution < -0.4 is 4.90 Å². The number of nitrogens with zero attached hydrogens (tertiary/aromatic N) is 5. The number of tetrazole rings is 1. The summed E-state index contributed by atoms with van der Waals surface area (Å²) in [6.45, 7) is 0. The number of ketones is 1. The van der Waals surface area contributed by atoms with Crippen LogP contribution in [0.15, 0.2) is 23.4 Å².